The zero-order chi connectivity index (χ0) is 21.1. The largest absolute Gasteiger partial charge is 0.481 e. The van der Waals surface area contributed by atoms with Crippen molar-refractivity contribution in [3.8, 4) is 19.5 Å². The van der Waals surface area contributed by atoms with Gasteiger partial charge in [0.25, 0.3) is 0 Å². The number of methoxy groups -OCH3 is 1. The molecular formula is C20H18Br2O4S3. The highest BCUT2D eigenvalue weighted by atomic mass is 79.9. The molecule has 0 aromatic carbocycles. The van der Waals surface area contributed by atoms with E-state index in [1.54, 1.807) is 40.9 Å². The molecule has 9 heteroatoms. The van der Waals surface area contributed by atoms with Crippen LogP contribution in [0.4, 0.5) is 0 Å². The highest BCUT2D eigenvalue weighted by Gasteiger charge is 2.20. The molecule has 0 radical (unpaired) electrons. The van der Waals surface area contributed by atoms with Gasteiger partial charge in [-0.1, -0.05) is 6.92 Å². The fraction of sp³-hybridized carbons (Fsp3) is 0.300. The summed E-state index contributed by atoms with van der Waals surface area (Å²) < 4.78 is 6.78. The smallest absolute Gasteiger partial charge is 0.306 e. The lowest BCUT2D eigenvalue weighted by Crippen LogP contribution is -2.12. The molecule has 3 aromatic heterocycles. The van der Waals surface area contributed by atoms with Crippen LogP contribution in [0, 0.1) is 5.92 Å². The van der Waals surface area contributed by atoms with Gasteiger partial charge in [-0.25, -0.2) is 0 Å². The Hall–Kier alpha value is -1.00. The Labute approximate surface area is 197 Å². The molecular weight excluding hydrogens is 560 g/mol. The van der Waals surface area contributed by atoms with E-state index < -0.39 is 11.9 Å². The van der Waals surface area contributed by atoms with E-state index in [1.807, 2.05) is 6.07 Å². The van der Waals surface area contributed by atoms with Crippen LogP contribution in [-0.4, -0.2) is 24.2 Å². The van der Waals surface area contributed by atoms with Crippen molar-refractivity contribution in [2.24, 2.45) is 5.92 Å². The first-order valence-corrected chi connectivity index (χ1v) is 12.8. The first-order valence-electron chi connectivity index (χ1n) is 8.75. The normalized spacial score (nSPS) is 12.1. The summed E-state index contributed by atoms with van der Waals surface area (Å²) in [5.41, 5.74) is 2.16. The molecule has 0 aliphatic heterocycles. The van der Waals surface area contributed by atoms with E-state index in [-0.39, 0.29) is 5.97 Å². The molecule has 154 valence electrons. The highest BCUT2D eigenvalue weighted by molar-refractivity contribution is 9.11. The maximum atomic E-state index is 11.5. The van der Waals surface area contributed by atoms with Gasteiger partial charge < -0.3 is 9.84 Å². The van der Waals surface area contributed by atoms with Gasteiger partial charge in [0, 0.05) is 25.9 Å². The Morgan fingerprint density at radius 2 is 1.59 bits per heavy atom. The summed E-state index contributed by atoms with van der Waals surface area (Å²) in [4.78, 5) is 27.3. The van der Waals surface area contributed by atoms with Gasteiger partial charge in [0.05, 0.1) is 20.6 Å². The average Bonchev–Trinajstić information content (AvgIpc) is 3.37. The number of hydrogen-bond donors (Lipinski definition) is 1. The van der Waals surface area contributed by atoms with Gasteiger partial charge >= 0.3 is 11.9 Å². The second-order valence-electron chi connectivity index (χ2n) is 6.49. The summed E-state index contributed by atoms with van der Waals surface area (Å²) in [5, 5.41) is 9.26. The van der Waals surface area contributed by atoms with Gasteiger partial charge in [-0.15, -0.1) is 34.0 Å². The van der Waals surface area contributed by atoms with Crippen molar-refractivity contribution in [3.63, 3.8) is 0 Å². The minimum Gasteiger partial charge on any atom is -0.481 e. The molecule has 0 aliphatic carbocycles. The number of carboxylic acids is 1. The Morgan fingerprint density at radius 1 is 1.03 bits per heavy atom. The molecule has 4 nitrogen and oxygen atoms in total. The summed E-state index contributed by atoms with van der Waals surface area (Å²) in [7, 11) is 1.40. The zero-order valence-corrected chi connectivity index (χ0v) is 21.3. The molecule has 0 bridgehead atoms. The molecule has 29 heavy (non-hydrogen) atoms. The van der Waals surface area contributed by atoms with Crippen LogP contribution < -0.4 is 0 Å². The molecule has 0 fully saturated rings. The number of carbonyl (C=O) groups is 2. The van der Waals surface area contributed by atoms with Crippen LogP contribution >= 0.6 is 65.9 Å². The summed E-state index contributed by atoms with van der Waals surface area (Å²) in [6, 6.07) is 8.26. The summed E-state index contributed by atoms with van der Waals surface area (Å²) >= 11 is 12.1. The Bertz CT molecular complexity index is 1030. The minimum absolute atomic E-state index is 0.217. The van der Waals surface area contributed by atoms with Gasteiger partial charge in [0.1, 0.15) is 0 Å². The Morgan fingerprint density at radius 3 is 2.14 bits per heavy atom. The van der Waals surface area contributed by atoms with Gasteiger partial charge in [0.15, 0.2) is 0 Å². The van der Waals surface area contributed by atoms with E-state index in [0.717, 1.165) is 38.2 Å². The standard InChI is InChI=1S/C20H18Br2O4S3/c1-10(20(24)25)7-12-9-16(22)29-19(12)14-5-4-13(27-14)18-11(8-15(21)28-18)3-6-17(23)26-2/h4-5,8-10H,3,6-7H2,1-2H3,(H,24,25). The number of halogens is 2. The molecule has 0 amide bonds. The van der Waals surface area contributed by atoms with Crippen molar-refractivity contribution in [3.05, 3.63) is 43.0 Å². The topological polar surface area (TPSA) is 63.6 Å². The van der Waals surface area contributed by atoms with E-state index in [4.69, 9.17) is 4.74 Å². The maximum absolute atomic E-state index is 11.5. The molecule has 0 saturated carbocycles. The third-order valence-corrected chi connectivity index (χ3v) is 9.19. The van der Waals surface area contributed by atoms with Crippen molar-refractivity contribution in [1.82, 2.24) is 0 Å². The first kappa shape index (κ1) is 22.7. The first-order chi connectivity index (χ1) is 13.8. The lowest BCUT2D eigenvalue weighted by atomic mass is 10.0. The highest BCUT2D eigenvalue weighted by Crippen LogP contribution is 2.45. The van der Waals surface area contributed by atoms with E-state index in [0.29, 0.717) is 19.3 Å². The molecule has 3 heterocycles. The van der Waals surface area contributed by atoms with E-state index in [1.165, 1.54) is 7.11 Å². The number of aliphatic carboxylic acids is 1. The Balaban J connectivity index is 1.89. The molecule has 0 spiro atoms. The zero-order valence-electron chi connectivity index (χ0n) is 15.7. The van der Waals surface area contributed by atoms with Gasteiger partial charge in [-0.2, -0.15) is 0 Å². The number of thiophene rings is 3. The monoisotopic (exact) mass is 576 g/mol. The van der Waals surface area contributed by atoms with E-state index >= 15 is 0 Å². The quantitative estimate of drug-likeness (QED) is 0.290. The van der Waals surface area contributed by atoms with Crippen molar-refractivity contribution < 1.29 is 19.4 Å². The fourth-order valence-electron chi connectivity index (χ4n) is 2.88. The third kappa shape index (κ3) is 5.58. The van der Waals surface area contributed by atoms with Crippen molar-refractivity contribution in [1.29, 1.82) is 0 Å². The van der Waals surface area contributed by atoms with E-state index in [9.17, 15) is 14.7 Å². The number of esters is 1. The lowest BCUT2D eigenvalue weighted by molar-refractivity contribution is -0.141. The van der Waals surface area contributed by atoms with Crippen LogP contribution in [-0.2, 0) is 27.2 Å². The minimum atomic E-state index is -0.788. The molecule has 0 saturated heterocycles. The van der Waals surface area contributed by atoms with Crippen LogP contribution in [0.2, 0.25) is 0 Å². The third-order valence-electron chi connectivity index (χ3n) is 4.39. The van der Waals surface area contributed by atoms with Gasteiger partial charge in [0.2, 0.25) is 0 Å². The Kier molecular flexibility index (Phi) is 7.72. The number of carboxylic acid groups (broad SMARTS) is 1. The second kappa shape index (κ2) is 9.87. The number of aryl methyl sites for hydroxylation is 1. The maximum Gasteiger partial charge on any atom is 0.306 e. The second-order valence-corrected chi connectivity index (χ2v) is 12.4. The van der Waals surface area contributed by atoms with E-state index in [2.05, 4.69) is 50.1 Å². The average molecular weight is 578 g/mol. The summed E-state index contributed by atoms with van der Waals surface area (Å²) in [5.74, 6) is -1.44. The number of hydrogen-bond acceptors (Lipinski definition) is 6. The van der Waals surface area contributed by atoms with Crippen LogP contribution in [0.15, 0.2) is 31.8 Å². The fourth-order valence-corrected chi connectivity index (χ4v) is 7.56. The van der Waals surface area contributed by atoms with Crippen LogP contribution in [0.25, 0.3) is 19.5 Å². The van der Waals surface area contributed by atoms with Crippen molar-refractivity contribution >= 4 is 77.8 Å². The molecule has 1 N–H and O–H groups in total. The van der Waals surface area contributed by atoms with Crippen molar-refractivity contribution in [2.45, 2.75) is 26.2 Å². The van der Waals surface area contributed by atoms with Crippen LogP contribution in [0.5, 0.6) is 0 Å². The van der Waals surface area contributed by atoms with Crippen LogP contribution in [0.3, 0.4) is 0 Å². The SMILES string of the molecule is COC(=O)CCc1cc(Br)sc1-c1ccc(-c2sc(Br)cc2CC(C)C(=O)O)s1. The van der Waals surface area contributed by atoms with Gasteiger partial charge in [-0.05, 0) is 80.1 Å². The molecule has 1 unspecified atom stereocenters. The van der Waals surface area contributed by atoms with Crippen LogP contribution in [0.1, 0.15) is 24.5 Å². The molecule has 3 rings (SSSR count). The number of carbonyl (C=O) groups excluding carboxylic acids is 1. The number of ether oxygens (including phenoxy) is 1. The predicted octanol–water partition coefficient (Wildman–Crippen LogP) is 7.10. The molecule has 0 aliphatic rings. The number of rotatable bonds is 8. The summed E-state index contributed by atoms with van der Waals surface area (Å²) in [6.45, 7) is 1.73. The molecule has 1 atom stereocenters. The van der Waals surface area contributed by atoms with Gasteiger partial charge in [-0.3, -0.25) is 9.59 Å². The van der Waals surface area contributed by atoms with Crippen molar-refractivity contribution in [2.75, 3.05) is 7.11 Å². The lowest BCUT2D eigenvalue weighted by Gasteiger charge is -2.06. The molecule has 3 aromatic rings. The predicted molar refractivity (Wildman–Crippen MR) is 127 cm³/mol. The summed E-state index contributed by atoms with van der Waals surface area (Å²) in [6.07, 6.45) is 1.47.